The highest BCUT2D eigenvalue weighted by atomic mass is 35.5. The minimum atomic E-state index is -4.49. The van der Waals surface area contributed by atoms with Gasteiger partial charge in [-0.2, -0.15) is 13.2 Å². The van der Waals surface area contributed by atoms with Crippen LogP contribution in [-0.2, 0) is 10.9 Å². The number of carbonyl (C=O) groups excluding carboxylic acids is 1. The number of halogens is 4. The number of nitrogens with one attached hydrogen (secondary N) is 1. The predicted octanol–water partition coefficient (Wildman–Crippen LogP) is -1.80. The lowest BCUT2D eigenvalue weighted by molar-refractivity contribution is -0.907. The Kier molecular flexibility index (Phi) is 6.64. The summed E-state index contributed by atoms with van der Waals surface area (Å²) in [6.45, 7) is 3.43. The molecule has 1 heterocycles. The number of quaternary nitrogens is 1. The molecule has 1 fully saturated rings. The zero-order valence-electron chi connectivity index (χ0n) is 11.4. The molecule has 0 unspecified atom stereocenters. The fourth-order valence-corrected chi connectivity index (χ4v) is 2.31. The van der Waals surface area contributed by atoms with Crippen LogP contribution in [0.25, 0.3) is 0 Å². The normalized spacial score (nSPS) is 16.3. The SMILES string of the molecule is O=C(CC[NH+]1CCOCC1)c1ccccc1C(F)(F)F.[Cl-]. The van der Waals surface area contributed by atoms with Crippen molar-refractivity contribution in [3.05, 3.63) is 35.4 Å². The maximum Gasteiger partial charge on any atom is 0.417 e. The van der Waals surface area contributed by atoms with Crippen molar-refractivity contribution in [2.75, 3.05) is 32.8 Å². The third-order valence-corrected chi connectivity index (χ3v) is 3.44. The Morgan fingerprint density at radius 1 is 1.19 bits per heavy atom. The van der Waals surface area contributed by atoms with Crippen LogP contribution in [0.4, 0.5) is 13.2 Å². The third-order valence-electron chi connectivity index (χ3n) is 3.44. The summed E-state index contributed by atoms with van der Waals surface area (Å²) in [4.78, 5) is 13.2. The van der Waals surface area contributed by atoms with Crippen molar-refractivity contribution in [1.82, 2.24) is 0 Å². The van der Waals surface area contributed by atoms with Crippen LogP contribution in [0.15, 0.2) is 24.3 Å². The van der Waals surface area contributed by atoms with Crippen LogP contribution in [0.2, 0.25) is 0 Å². The largest absolute Gasteiger partial charge is 1.00 e. The Morgan fingerprint density at radius 2 is 1.81 bits per heavy atom. The van der Waals surface area contributed by atoms with Crippen molar-refractivity contribution in [2.45, 2.75) is 12.6 Å². The first-order chi connectivity index (χ1) is 9.48. The molecule has 0 bridgehead atoms. The molecule has 0 amide bonds. The maximum absolute atomic E-state index is 12.8. The number of morpholine rings is 1. The summed E-state index contributed by atoms with van der Waals surface area (Å²) in [7, 11) is 0. The van der Waals surface area contributed by atoms with Crippen LogP contribution in [-0.4, -0.2) is 38.6 Å². The van der Waals surface area contributed by atoms with Crippen LogP contribution in [0, 0.1) is 0 Å². The average Bonchev–Trinajstić information content (AvgIpc) is 2.45. The molecule has 1 N–H and O–H groups in total. The first-order valence-electron chi connectivity index (χ1n) is 6.59. The minimum Gasteiger partial charge on any atom is -1.00 e. The molecule has 2 rings (SSSR count). The van der Waals surface area contributed by atoms with Gasteiger partial charge < -0.3 is 22.0 Å². The lowest BCUT2D eigenvalue weighted by Crippen LogP contribution is -3.14. The lowest BCUT2D eigenvalue weighted by atomic mass is 10.0. The van der Waals surface area contributed by atoms with Crippen LogP contribution >= 0.6 is 0 Å². The van der Waals surface area contributed by atoms with E-state index in [1.807, 2.05) is 0 Å². The molecule has 0 radical (unpaired) electrons. The second kappa shape index (κ2) is 7.77. The maximum atomic E-state index is 12.8. The Bertz CT molecular complexity index is 474. The monoisotopic (exact) mass is 323 g/mol. The number of ketones is 1. The second-order valence-electron chi connectivity index (χ2n) is 4.83. The zero-order chi connectivity index (χ0) is 14.6. The Hall–Kier alpha value is -1.11. The van der Waals surface area contributed by atoms with Gasteiger partial charge in [0.2, 0.25) is 0 Å². The van der Waals surface area contributed by atoms with Gasteiger partial charge in [-0.1, -0.05) is 18.2 Å². The highest BCUT2D eigenvalue weighted by molar-refractivity contribution is 5.97. The summed E-state index contributed by atoms with van der Waals surface area (Å²) in [5.41, 5.74) is -1.07. The van der Waals surface area contributed by atoms with E-state index in [-0.39, 0.29) is 24.4 Å². The van der Waals surface area contributed by atoms with Gasteiger partial charge >= 0.3 is 6.18 Å². The molecular formula is C14H17ClF3NO2. The molecule has 3 nitrogen and oxygen atoms in total. The first-order valence-corrected chi connectivity index (χ1v) is 6.59. The number of hydrogen-bond acceptors (Lipinski definition) is 2. The molecule has 0 spiro atoms. The van der Waals surface area contributed by atoms with Crippen LogP contribution in [0.3, 0.4) is 0 Å². The van der Waals surface area contributed by atoms with Crippen molar-refractivity contribution < 1.29 is 40.0 Å². The predicted molar refractivity (Wildman–Crippen MR) is 66.8 cm³/mol. The standard InChI is InChI=1S/C14H16F3NO2.ClH/c15-14(16,17)12-4-2-1-3-11(12)13(19)5-6-18-7-9-20-10-8-18;/h1-4H,5-10H2;1H. The van der Waals surface area contributed by atoms with Crippen LogP contribution < -0.4 is 17.3 Å². The number of Topliss-reactive ketones (excluding diaryl/α,β-unsaturated/α-hetero) is 1. The molecule has 7 heteroatoms. The highest BCUT2D eigenvalue weighted by Gasteiger charge is 2.34. The van der Waals surface area contributed by atoms with Crippen molar-refractivity contribution in [3.8, 4) is 0 Å². The molecule has 0 aliphatic carbocycles. The Balaban J connectivity index is 0.00000220. The quantitative estimate of drug-likeness (QED) is 0.663. The summed E-state index contributed by atoms with van der Waals surface area (Å²) in [5, 5.41) is 0. The molecular weight excluding hydrogens is 307 g/mol. The first kappa shape index (κ1) is 17.9. The van der Waals surface area contributed by atoms with Gasteiger partial charge in [-0.3, -0.25) is 4.79 Å². The molecule has 0 atom stereocenters. The van der Waals surface area contributed by atoms with Crippen LogP contribution in [0.5, 0.6) is 0 Å². The summed E-state index contributed by atoms with van der Waals surface area (Å²) >= 11 is 0. The fraction of sp³-hybridized carbons (Fsp3) is 0.500. The highest BCUT2D eigenvalue weighted by Crippen LogP contribution is 2.32. The van der Waals surface area contributed by atoms with Gasteiger partial charge in [0, 0.05) is 5.56 Å². The van der Waals surface area contributed by atoms with E-state index in [2.05, 4.69) is 0 Å². The van der Waals surface area contributed by atoms with Crippen molar-refractivity contribution in [2.24, 2.45) is 0 Å². The molecule has 1 aliphatic heterocycles. The molecule has 0 saturated carbocycles. The van der Waals surface area contributed by atoms with E-state index < -0.39 is 17.5 Å². The van der Waals surface area contributed by atoms with E-state index >= 15 is 0 Å². The van der Waals surface area contributed by atoms with Crippen molar-refractivity contribution in [1.29, 1.82) is 0 Å². The summed E-state index contributed by atoms with van der Waals surface area (Å²) in [6.07, 6.45) is -4.36. The average molecular weight is 324 g/mol. The Morgan fingerprint density at radius 3 is 2.43 bits per heavy atom. The van der Waals surface area contributed by atoms with E-state index in [0.717, 1.165) is 19.2 Å². The number of rotatable bonds is 4. The topological polar surface area (TPSA) is 30.7 Å². The fourth-order valence-electron chi connectivity index (χ4n) is 2.31. The van der Waals surface area contributed by atoms with Gasteiger partial charge in [0.05, 0.1) is 31.7 Å². The van der Waals surface area contributed by atoms with E-state index in [1.54, 1.807) is 0 Å². The second-order valence-corrected chi connectivity index (χ2v) is 4.83. The molecule has 1 saturated heterocycles. The van der Waals surface area contributed by atoms with Crippen molar-refractivity contribution in [3.63, 3.8) is 0 Å². The number of hydrogen-bond donors (Lipinski definition) is 1. The number of benzene rings is 1. The number of carbonyl (C=O) groups is 1. The van der Waals surface area contributed by atoms with E-state index in [0.29, 0.717) is 19.8 Å². The number of alkyl halides is 3. The van der Waals surface area contributed by atoms with Gasteiger partial charge in [-0.15, -0.1) is 0 Å². The molecule has 1 aromatic rings. The minimum absolute atomic E-state index is 0. The molecule has 0 aromatic heterocycles. The molecule has 21 heavy (non-hydrogen) atoms. The Labute approximate surface area is 127 Å². The van der Waals surface area contributed by atoms with Crippen molar-refractivity contribution >= 4 is 5.78 Å². The van der Waals surface area contributed by atoms with Gasteiger partial charge in [0.25, 0.3) is 0 Å². The third kappa shape index (κ3) is 4.98. The summed E-state index contributed by atoms with van der Waals surface area (Å²) in [5.74, 6) is -0.447. The van der Waals surface area contributed by atoms with E-state index in [9.17, 15) is 18.0 Å². The number of ether oxygens (including phenoxy) is 1. The summed E-state index contributed by atoms with van der Waals surface area (Å²) < 4.78 is 43.7. The lowest BCUT2D eigenvalue weighted by Gasteiger charge is -2.23. The van der Waals surface area contributed by atoms with E-state index in [4.69, 9.17) is 4.74 Å². The molecule has 1 aromatic carbocycles. The van der Waals surface area contributed by atoms with Gasteiger partial charge in [0.15, 0.2) is 5.78 Å². The molecule has 1 aliphatic rings. The summed E-state index contributed by atoms with van der Waals surface area (Å²) in [6, 6.07) is 4.96. The van der Waals surface area contributed by atoms with E-state index in [1.165, 1.54) is 23.1 Å². The van der Waals surface area contributed by atoms with Gasteiger partial charge in [-0.25, -0.2) is 0 Å². The van der Waals surface area contributed by atoms with Gasteiger partial charge in [0.1, 0.15) is 13.1 Å². The smallest absolute Gasteiger partial charge is 0.417 e. The zero-order valence-corrected chi connectivity index (χ0v) is 12.1. The van der Waals surface area contributed by atoms with Crippen LogP contribution in [0.1, 0.15) is 22.3 Å². The molecule has 118 valence electrons. The van der Waals surface area contributed by atoms with Gasteiger partial charge in [-0.05, 0) is 6.07 Å².